The van der Waals surface area contributed by atoms with Crippen molar-refractivity contribution < 1.29 is 14.3 Å². The Morgan fingerprint density at radius 3 is 2.86 bits per heavy atom. The summed E-state index contributed by atoms with van der Waals surface area (Å²) >= 11 is 1.36. The van der Waals surface area contributed by atoms with Crippen molar-refractivity contribution in [2.24, 2.45) is 0 Å². The predicted octanol–water partition coefficient (Wildman–Crippen LogP) is -0.0399. The molecule has 0 bridgehead atoms. The standard InChI is InChI=1S/C13H20N4O3S/c1-16(8-11-6-14-15-7-11)12(18)9-21-10-13(19)17-2-4-20-5-3-17/h6-7H,2-5,8-10H2,1H3,(H,14,15). The molecule has 0 aromatic carbocycles. The Morgan fingerprint density at radius 2 is 2.19 bits per heavy atom. The number of nitrogens with one attached hydrogen (secondary N) is 1. The maximum Gasteiger partial charge on any atom is 0.232 e. The molecule has 1 saturated heterocycles. The number of H-pyrrole nitrogens is 1. The monoisotopic (exact) mass is 312 g/mol. The van der Waals surface area contributed by atoms with Crippen LogP contribution in [0.4, 0.5) is 0 Å². The van der Waals surface area contributed by atoms with Crippen molar-refractivity contribution in [3.8, 4) is 0 Å². The van der Waals surface area contributed by atoms with Crippen LogP contribution in [0.1, 0.15) is 5.56 Å². The van der Waals surface area contributed by atoms with E-state index >= 15 is 0 Å². The third kappa shape index (κ3) is 5.05. The first-order chi connectivity index (χ1) is 10.2. The summed E-state index contributed by atoms with van der Waals surface area (Å²) in [7, 11) is 1.75. The highest BCUT2D eigenvalue weighted by atomic mass is 32.2. The van der Waals surface area contributed by atoms with Gasteiger partial charge in [-0.15, -0.1) is 11.8 Å². The minimum Gasteiger partial charge on any atom is -0.378 e. The summed E-state index contributed by atoms with van der Waals surface area (Å²) in [6.07, 6.45) is 3.46. The average molecular weight is 312 g/mol. The molecule has 8 heteroatoms. The number of hydrogen-bond donors (Lipinski definition) is 1. The van der Waals surface area contributed by atoms with Gasteiger partial charge in [0.2, 0.25) is 11.8 Å². The minimum atomic E-state index is 0.0102. The molecule has 1 aromatic rings. The molecule has 1 N–H and O–H groups in total. The lowest BCUT2D eigenvalue weighted by molar-refractivity contribution is -0.132. The summed E-state index contributed by atoms with van der Waals surface area (Å²) in [5.74, 6) is 0.736. The first-order valence-electron chi connectivity index (χ1n) is 6.81. The molecule has 0 aliphatic carbocycles. The van der Waals surface area contributed by atoms with Gasteiger partial charge in [-0.2, -0.15) is 5.10 Å². The van der Waals surface area contributed by atoms with Crippen LogP contribution in [0.15, 0.2) is 12.4 Å². The largest absolute Gasteiger partial charge is 0.378 e. The number of morpholine rings is 1. The van der Waals surface area contributed by atoms with E-state index in [0.29, 0.717) is 44.4 Å². The Morgan fingerprint density at radius 1 is 1.43 bits per heavy atom. The molecule has 2 rings (SSSR count). The van der Waals surface area contributed by atoms with Gasteiger partial charge in [0.1, 0.15) is 0 Å². The van der Waals surface area contributed by atoms with Crippen LogP contribution in [0.5, 0.6) is 0 Å². The summed E-state index contributed by atoms with van der Waals surface area (Å²) in [6, 6.07) is 0. The number of ether oxygens (including phenoxy) is 1. The molecular formula is C13H20N4O3S. The summed E-state index contributed by atoms with van der Waals surface area (Å²) in [4.78, 5) is 27.3. The van der Waals surface area contributed by atoms with Gasteiger partial charge in [-0.25, -0.2) is 0 Å². The number of amides is 2. The van der Waals surface area contributed by atoms with Crippen LogP contribution in [0.25, 0.3) is 0 Å². The Balaban J connectivity index is 1.65. The average Bonchev–Trinajstić information content (AvgIpc) is 3.00. The van der Waals surface area contributed by atoms with Gasteiger partial charge >= 0.3 is 0 Å². The van der Waals surface area contributed by atoms with E-state index in [2.05, 4.69) is 10.2 Å². The van der Waals surface area contributed by atoms with Gasteiger partial charge in [0.05, 0.1) is 30.9 Å². The second-order valence-electron chi connectivity index (χ2n) is 4.84. The van der Waals surface area contributed by atoms with Gasteiger partial charge in [-0.05, 0) is 0 Å². The number of rotatable bonds is 6. The zero-order valence-corrected chi connectivity index (χ0v) is 12.9. The highest BCUT2D eigenvalue weighted by molar-refractivity contribution is 8.00. The van der Waals surface area contributed by atoms with Crippen molar-refractivity contribution in [2.45, 2.75) is 6.54 Å². The lowest BCUT2D eigenvalue weighted by atomic mass is 10.3. The third-order valence-corrected chi connectivity index (χ3v) is 4.12. The van der Waals surface area contributed by atoms with Gasteiger partial charge in [-0.3, -0.25) is 14.7 Å². The minimum absolute atomic E-state index is 0.0102. The number of hydrogen-bond acceptors (Lipinski definition) is 5. The molecule has 2 amide bonds. The van der Waals surface area contributed by atoms with E-state index in [0.717, 1.165) is 5.56 Å². The Kier molecular flexibility index (Phi) is 6.06. The van der Waals surface area contributed by atoms with Crippen LogP contribution < -0.4 is 0 Å². The molecule has 1 aromatic heterocycles. The highest BCUT2D eigenvalue weighted by Gasteiger charge is 2.17. The van der Waals surface area contributed by atoms with Crippen molar-refractivity contribution in [3.63, 3.8) is 0 Å². The number of nitrogens with zero attached hydrogens (tertiary/aromatic N) is 3. The molecule has 0 saturated carbocycles. The molecular weight excluding hydrogens is 292 g/mol. The normalized spacial score (nSPS) is 15.0. The van der Waals surface area contributed by atoms with Gasteiger partial charge < -0.3 is 14.5 Å². The van der Waals surface area contributed by atoms with E-state index in [9.17, 15) is 9.59 Å². The second-order valence-corrected chi connectivity index (χ2v) is 5.83. The Bertz CT molecular complexity index is 460. The number of thioether (sulfide) groups is 1. The SMILES string of the molecule is CN(Cc1cn[nH]c1)C(=O)CSCC(=O)N1CCOCC1. The van der Waals surface area contributed by atoms with E-state index in [-0.39, 0.29) is 11.8 Å². The van der Waals surface area contributed by atoms with Crippen molar-refractivity contribution in [2.75, 3.05) is 44.9 Å². The lowest BCUT2D eigenvalue weighted by Gasteiger charge is -2.26. The Labute approximate surface area is 128 Å². The molecule has 1 aliphatic rings. The zero-order chi connectivity index (χ0) is 15.1. The van der Waals surface area contributed by atoms with Gasteiger partial charge in [0.15, 0.2) is 0 Å². The van der Waals surface area contributed by atoms with E-state index in [1.54, 1.807) is 29.2 Å². The summed E-state index contributed by atoms with van der Waals surface area (Å²) in [5.41, 5.74) is 0.959. The van der Waals surface area contributed by atoms with Crippen molar-refractivity contribution >= 4 is 23.6 Å². The third-order valence-electron chi connectivity index (χ3n) is 3.22. The maximum atomic E-state index is 12.0. The quantitative estimate of drug-likeness (QED) is 0.797. The number of carbonyl (C=O) groups is 2. The fraction of sp³-hybridized carbons (Fsp3) is 0.615. The number of aromatic amines is 1. The smallest absolute Gasteiger partial charge is 0.232 e. The van der Waals surface area contributed by atoms with Crippen LogP contribution >= 0.6 is 11.8 Å². The molecule has 0 unspecified atom stereocenters. The van der Waals surface area contributed by atoms with Crippen molar-refractivity contribution in [1.82, 2.24) is 20.0 Å². The zero-order valence-electron chi connectivity index (χ0n) is 12.1. The lowest BCUT2D eigenvalue weighted by Crippen LogP contribution is -2.41. The van der Waals surface area contributed by atoms with Gasteiger partial charge in [0, 0.05) is 38.4 Å². The van der Waals surface area contributed by atoms with Crippen LogP contribution in [0, 0.1) is 0 Å². The van der Waals surface area contributed by atoms with Gasteiger partial charge in [-0.1, -0.05) is 0 Å². The first kappa shape index (κ1) is 15.8. The van der Waals surface area contributed by atoms with E-state index in [1.165, 1.54) is 11.8 Å². The van der Waals surface area contributed by atoms with Gasteiger partial charge in [0.25, 0.3) is 0 Å². The molecule has 2 heterocycles. The van der Waals surface area contributed by atoms with E-state index < -0.39 is 0 Å². The number of carbonyl (C=O) groups excluding carboxylic acids is 2. The molecule has 116 valence electrons. The fourth-order valence-corrected chi connectivity index (χ4v) is 2.82. The van der Waals surface area contributed by atoms with Crippen LogP contribution in [0.3, 0.4) is 0 Å². The van der Waals surface area contributed by atoms with E-state index in [1.807, 2.05) is 0 Å². The van der Waals surface area contributed by atoms with Crippen molar-refractivity contribution in [3.05, 3.63) is 18.0 Å². The highest BCUT2D eigenvalue weighted by Crippen LogP contribution is 2.08. The molecule has 1 fully saturated rings. The summed E-state index contributed by atoms with van der Waals surface area (Å²) < 4.78 is 5.20. The van der Waals surface area contributed by atoms with E-state index in [4.69, 9.17) is 4.74 Å². The molecule has 7 nitrogen and oxygen atoms in total. The maximum absolute atomic E-state index is 12.0. The molecule has 1 aliphatic heterocycles. The van der Waals surface area contributed by atoms with Crippen LogP contribution in [0.2, 0.25) is 0 Å². The predicted molar refractivity (Wildman–Crippen MR) is 79.8 cm³/mol. The van der Waals surface area contributed by atoms with Crippen LogP contribution in [-0.4, -0.2) is 76.7 Å². The van der Waals surface area contributed by atoms with Crippen LogP contribution in [-0.2, 0) is 20.9 Å². The summed E-state index contributed by atoms with van der Waals surface area (Å²) in [5, 5.41) is 6.56. The number of aromatic nitrogens is 2. The molecule has 0 radical (unpaired) electrons. The van der Waals surface area contributed by atoms with Crippen molar-refractivity contribution in [1.29, 1.82) is 0 Å². The second kappa shape index (κ2) is 8.04. The Hall–Kier alpha value is -1.54. The fourth-order valence-electron chi connectivity index (χ4n) is 1.97. The summed E-state index contributed by atoms with van der Waals surface area (Å²) in [6.45, 7) is 3.01. The molecule has 21 heavy (non-hydrogen) atoms. The molecule has 0 spiro atoms. The molecule has 0 atom stereocenters. The topological polar surface area (TPSA) is 78.5 Å². The first-order valence-corrected chi connectivity index (χ1v) is 7.97.